The number of nitrogens with one attached hydrogen (secondary N) is 1. The van der Waals surface area contributed by atoms with Crippen molar-refractivity contribution in [2.45, 2.75) is 6.54 Å². The molecule has 1 heterocycles. The molecule has 1 amide bonds. The van der Waals surface area contributed by atoms with Gasteiger partial charge in [-0.25, -0.2) is 4.72 Å². The van der Waals surface area contributed by atoms with Gasteiger partial charge in [0.2, 0.25) is 0 Å². The highest BCUT2D eigenvalue weighted by Crippen LogP contribution is 2.07. The van der Waals surface area contributed by atoms with E-state index in [0.29, 0.717) is 0 Å². The molecule has 0 bridgehead atoms. The Morgan fingerprint density at radius 3 is 2.50 bits per heavy atom. The molecule has 0 unspecified atom stereocenters. The molecule has 20 heavy (non-hydrogen) atoms. The van der Waals surface area contributed by atoms with Gasteiger partial charge >= 0.3 is 16.1 Å². The van der Waals surface area contributed by atoms with Gasteiger partial charge in [0.25, 0.3) is 0 Å². The Bertz CT molecular complexity index is 666. The fourth-order valence-corrected chi connectivity index (χ4v) is 2.39. The molecule has 0 radical (unpaired) electrons. The minimum Gasteiger partial charge on any atom is -0.459 e. The highest BCUT2D eigenvalue weighted by Gasteiger charge is 2.22. The van der Waals surface area contributed by atoms with Gasteiger partial charge in [0.15, 0.2) is 5.76 Å². The van der Waals surface area contributed by atoms with Crippen molar-refractivity contribution in [3.8, 4) is 0 Å². The minimum absolute atomic E-state index is 0.0540. The summed E-state index contributed by atoms with van der Waals surface area (Å²) in [4.78, 5) is 11.7. The molecule has 0 fully saturated rings. The Balaban J connectivity index is 2.04. The molecule has 1 N–H and O–H groups in total. The first-order valence-electron chi connectivity index (χ1n) is 5.85. The number of hydrogen-bond acceptors (Lipinski definition) is 4. The number of carbonyl (C=O) groups is 1. The van der Waals surface area contributed by atoms with E-state index in [9.17, 15) is 13.2 Å². The Labute approximate surface area is 117 Å². The molecule has 106 valence electrons. The summed E-state index contributed by atoms with van der Waals surface area (Å²) < 4.78 is 31.8. The van der Waals surface area contributed by atoms with Crippen LogP contribution in [0, 0.1) is 0 Å². The minimum atomic E-state index is -3.91. The predicted molar refractivity (Wildman–Crippen MR) is 73.0 cm³/mol. The first-order valence-corrected chi connectivity index (χ1v) is 7.29. The maximum Gasteiger partial charge on any atom is 0.304 e. The van der Waals surface area contributed by atoms with Crippen molar-refractivity contribution in [2.75, 3.05) is 7.05 Å². The largest absolute Gasteiger partial charge is 0.459 e. The molecule has 0 aliphatic heterocycles. The van der Waals surface area contributed by atoms with Crippen LogP contribution in [0.4, 0.5) is 0 Å². The molecule has 1 aromatic heterocycles. The lowest BCUT2D eigenvalue weighted by Gasteiger charge is -2.17. The van der Waals surface area contributed by atoms with Crippen LogP contribution < -0.4 is 4.72 Å². The van der Waals surface area contributed by atoms with Crippen LogP contribution in [0.3, 0.4) is 0 Å². The molecule has 6 nitrogen and oxygen atoms in total. The van der Waals surface area contributed by atoms with Crippen molar-refractivity contribution in [1.29, 1.82) is 0 Å². The topological polar surface area (TPSA) is 79.6 Å². The molecule has 0 saturated carbocycles. The van der Waals surface area contributed by atoms with E-state index in [0.717, 1.165) is 9.87 Å². The Kier molecular flexibility index (Phi) is 4.21. The highest BCUT2D eigenvalue weighted by molar-refractivity contribution is 7.87. The third kappa shape index (κ3) is 3.46. The number of amides is 1. The van der Waals surface area contributed by atoms with E-state index in [2.05, 4.69) is 0 Å². The summed E-state index contributed by atoms with van der Waals surface area (Å²) in [6.07, 6.45) is 1.30. The standard InChI is InChI=1S/C13H14N2O4S/c1-15(10-11-6-3-2-4-7-11)20(17,18)14-13(16)12-8-5-9-19-12/h2-9H,10H2,1H3,(H,14,16). The van der Waals surface area contributed by atoms with Gasteiger partial charge < -0.3 is 4.42 Å². The molecule has 0 spiro atoms. The van der Waals surface area contributed by atoms with Gasteiger partial charge in [-0.05, 0) is 17.7 Å². The number of carbonyl (C=O) groups excluding carboxylic acids is 1. The summed E-state index contributed by atoms with van der Waals surface area (Å²) in [7, 11) is -2.52. The molecule has 0 atom stereocenters. The van der Waals surface area contributed by atoms with Gasteiger partial charge in [-0.2, -0.15) is 12.7 Å². The summed E-state index contributed by atoms with van der Waals surface area (Å²) in [6, 6.07) is 12.0. The summed E-state index contributed by atoms with van der Waals surface area (Å²) >= 11 is 0. The Morgan fingerprint density at radius 1 is 1.20 bits per heavy atom. The zero-order valence-corrected chi connectivity index (χ0v) is 11.6. The summed E-state index contributed by atoms with van der Waals surface area (Å²) in [6.45, 7) is 0.168. The number of rotatable bonds is 5. The van der Waals surface area contributed by atoms with Gasteiger partial charge in [0.05, 0.1) is 6.26 Å². The average Bonchev–Trinajstić information content (AvgIpc) is 2.93. The Hall–Kier alpha value is -2.12. The van der Waals surface area contributed by atoms with E-state index in [4.69, 9.17) is 4.42 Å². The first kappa shape index (κ1) is 14.3. The lowest BCUT2D eigenvalue weighted by Crippen LogP contribution is -2.41. The van der Waals surface area contributed by atoms with E-state index in [1.165, 1.54) is 25.4 Å². The van der Waals surface area contributed by atoms with Crippen LogP contribution in [0.25, 0.3) is 0 Å². The second kappa shape index (κ2) is 5.89. The molecule has 0 aliphatic carbocycles. The summed E-state index contributed by atoms with van der Waals surface area (Å²) in [5.41, 5.74) is 0.825. The summed E-state index contributed by atoms with van der Waals surface area (Å²) in [5, 5.41) is 0. The molecular weight excluding hydrogens is 280 g/mol. The van der Waals surface area contributed by atoms with Crippen LogP contribution in [-0.4, -0.2) is 25.7 Å². The molecule has 0 aliphatic rings. The second-order valence-electron chi connectivity index (χ2n) is 4.16. The van der Waals surface area contributed by atoms with Crippen LogP contribution in [-0.2, 0) is 16.8 Å². The molecule has 2 rings (SSSR count). The monoisotopic (exact) mass is 294 g/mol. The van der Waals surface area contributed by atoms with Crippen LogP contribution in [0.15, 0.2) is 53.1 Å². The van der Waals surface area contributed by atoms with Gasteiger partial charge in [-0.1, -0.05) is 30.3 Å². The van der Waals surface area contributed by atoms with Crippen LogP contribution in [0.2, 0.25) is 0 Å². The maximum atomic E-state index is 12.0. The maximum absolute atomic E-state index is 12.0. The fourth-order valence-electron chi connectivity index (χ4n) is 1.58. The molecular formula is C13H14N2O4S. The van der Waals surface area contributed by atoms with Crippen molar-refractivity contribution in [3.05, 3.63) is 60.1 Å². The fraction of sp³-hybridized carbons (Fsp3) is 0.154. The normalized spacial score (nSPS) is 11.5. The van der Waals surface area contributed by atoms with E-state index in [1.807, 2.05) is 22.9 Å². The average molecular weight is 294 g/mol. The van der Waals surface area contributed by atoms with Crippen molar-refractivity contribution >= 4 is 16.1 Å². The van der Waals surface area contributed by atoms with Crippen molar-refractivity contribution in [2.24, 2.45) is 0 Å². The number of nitrogens with zero attached hydrogens (tertiary/aromatic N) is 1. The quantitative estimate of drug-likeness (QED) is 0.903. The lowest BCUT2D eigenvalue weighted by atomic mass is 10.2. The van der Waals surface area contributed by atoms with Gasteiger partial charge in [-0.15, -0.1) is 0 Å². The number of hydrogen-bond donors (Lipinski definition) is 1. The van der Waals surface area contributed by atoms with E-state index in [-0.39, 0.29) is 12.3 Å². The van der Waals surface area contributed by atoms with Crippen LogP contribution in [0.1, 0.15) is 16.1 Å². The molecule has 1 aromatic carbocycles. The zero-order valence-electron chi connectivity index (χ0n) is 10.8. The predicted octanol–water partition coefficient (Wildman–Crippen LogP) is 1.39. The first-order chi connectivity index (χ1) is 9.49. The van der Waals surface area contributed by atoms with E-state index >= 15 is 0 Å². The van der Waals surface area contributed by atoms with E-state index in [1.54, 1.807) is 12.1 Å². The Morgan fingerprint density at radius 2 is 1.90 bits per heavy atom. The van der Waals surface area contributed by atoms with Crippen molar-refractivity contribution in [3.63, 3.8) is 0 Å². The van der Waals surface area contributed by atoms with Crippen molar-refractivity contribution in [1.82, 2.24) is 9.03 Å². The third-order valence-corrected chi connectivity index (χ3v) is 4.02. The number of benzene rings is 1. The molecule has 7 heteroatoms. The van der Waals surface area contributed by atoms with Crippen LogP contribution >= 0.6 is 0 Å². The summed E-state index contributed by atoms with van der Waals surface area (Å²) in [5.74, 6) is -0.850. The van der Waals surface area contributed by atoms with Gasteiger partial charge in [0, 0.05) is 13.6 Å². The van der Waals surface area contributed by atoms with Gasteiger partial charge in [0.1, 0.15) is 0 Å². The van der Waals surface area contributed by atoms with Crippen LogP contribution in [0.5, 0.6) is 0 Å². The smallest absolute Gasteiger partial charge is 0.304 e. The highest BCUT2D eigenvalue weighted by atomic mass is 32.2. The SMILES string of the molecule is CN(Cc1ccccc1)S(=O)(=O)NC(=O)c1ccco1. The van der Waals surface area contributed by atoms with Gasteiger partial charge in [-0.3, -0.25) is 4.79 Å². The van der Waals surface area contributed by atoms with Crippen molar-refractivity contribution < 1.29 is 17.6 Å². The third-order valence-electron chi connectivity index (χ3n) is 2.63. The number of furan rings is 1. The molecule has 2 aromatic rings. The van der Waals surface area contributed by atoms with E-state index < -0.39 is 16.1 Å². The lowest BCUT2D eigenvalue weighted by molar-refractivity contribution is 0.0952. The second-order valence-corrected chi connectivity index (χ2v) is 5.93. The molecule has 0 saturated heterocycles. The zero-order chi connectivity index (χ0) is 14.6.